The van der Waals surface area contributed by atoms with Crippen LogP contribution >= 0.6 is 11.6 Å². The quantitative estimate of drug-likeness (QED) is 0.888. The number of sulfonamides is 1. The van der Waals surface area contributed by atoms with E-state index in [4.69, 9.17) is 16.7 Å². The predicted molar refractivity (Wildman–Crippen MR) is 70.5 cm³/mol. The molecule has 0 heterocycles. The highest BCUT2D eigenvalue weighted by Gasteiger charge is 2.33. The Bertz CT molecular complexity index is 634. The van der Waals surface area contributed by atoms with E-state index in [0.29, 0.717) is 12.8 Å². The van der Waals surface area contributed by atoms with E-state index in [1.165, 1.54) is 0 Å². The van der Waals surface area contributed by atoms with E-state index >= 15 is 0 Å². The van der Waals surface area contributed by atoms with Crippen molar-refractivity contribution in [3.8, 4) is 0 Å². The third-order valence-corrected chi connectivity index (χ3v) is 5.29. The fourth-order valence-electron chi connectivity index (χ4n) is 2.29. The summed E-state index contributed by atoms with van der Waals surface area (Å²) in [5.41, 5.74) is 0. The number of carbonyl (C=O) groups is 1. The highest BCUT2D eigenvalue weighted by atomic mass is 35.5. The molecule has 0 spiro atoms. The summed E-state index contributed by atoms with van der Waals surface area (Å²) in [4.78, 5) is 10.6. The van der Waals surface area contributed by atoms with Gasteiger partial charge in [-0.3, -0.25) is 4.79 Å². The molecule has 2 atom stereocenters. The molecule has 0 bridgehead atoms. The van der Waals surface area contributed by atoms with Gasteiger partial charge in [0.15, 0.2) is 0 Å². The summed E-state index contributed by atoms with van der Waals surface area (Å²) in [6, 6.07) is 2.58. The zero-order valence-corrected chi connectivity index (χ0v) is 11.9. The third kappa shape index (κ3) is 3.28. The van der Waals surface area contributed by atoms with Crippen molar-refractivity contribution in [1.82, 2.24) is 4.72 Å². The average Bonchev–Trinajstić information content (AvgIpc) is 2.76. The molecule has 0 amide bonds. The highest BCUT2D eigenvalue weighted by Crippen LogP contribution is 2.28. The Kier molecular flexibility index (Phi) is 4.31. The van der Waals surface area contributed by atoms with Crippen LogP contribution in [0.1, 0.15) is 19.3 Å². The standard InChI is InChI=1S/C12H13ClFNO4S/c13-10-6-8(14)2-4-11(10)20(18,19)15-9-3-1-7(5-9)12(16)17/h2,4,6-7,9,15H,1,3,5H2,(H,16,17)/t7-,9+/m1/s1. The lowest BCUT2D eigenvalue weighted by molar-refractivity contribution is -0.141. The van der Waals surface area contributed by atoms with E-state index in [-0.39, 0.29) is 16.3 Å². The molecule has 5 nitrogen and oxygen atoms in total. The summed E-state index contributed by atoms with van der Waals surface area (Å²) >= 11 is 5.73. The number of carboxylic acids is 1. The Hall–Kier alpha value is -1.18. The SMILES string of the molecule is O=C(O)[C@@H]1CC[C@H](NS(=O)(=O)c2ccc(F)cc2Cl)C1. The molecule has 1 aliphatic carbocycles. The Balaban J connectivity index is 2.14. The van der Waals surface area contributed by atoms with Crippen molar-refractivity contribution in [1.29, 1.82) is 0 Å². The van der Waals surface area contributed by atoms with Crippen molar-refractivity contribution in [2.24, 2.45) is 5.92 Å². The fraction of sp³-hybridized carbons (Fsp3) is 0.417. The molecule has 20 heavy (non-hydrogen) atoms. The lowest BCUT2D eigenvalue weighted by atomic mass is 10.1. The van der Waals surface area contributed by atoms with Crippen LogP contribution in [0, 0.1) is 11.7 Å². The maximum atomic E-state index is 12.9. The van der Waals surface area contributed by atoms with Gasteiger partial charge in [0.2, 0.25) is 10.0 Å². The van der Waals surface area contributed by atoms with Crippen LogP contribution in [0.3, 0.4) is 0 Å². The van der Waals surface area contributed by atoms with Crippen LogP contribution in [0.5, 0.6) is 0 Å². The number of benzene rings is 1. The minimum Gasteiger partial charge on any atom is -0.481 e. The van der Waals surface area contributed by atoms with Gasteiger partial charge in [0.25, 0.3) is 0 Å². The molecule has 1 aliphatic rings. The number of nitrogens with one attached hydrogen (secondary N) is 1. The summed E-state index contributed by atoms with van der Waals surface area (Å²) in [5, 5.41) is 8.68. The monoisotopic (exact) mass is 321 g/mol. The van der Waals surface area contributed by atoms with Gasteiger partial charge in [0.1, 0.15) is 10.7 Å². The first-order valence-electron chi connectivity index (χ1n) is 6.00. The Morgan fingerprint density at radius 3 is 2.65 bits per heavy atom. The average molecular weight is 322 g/mol. The summed E-state index contributed by atoms with van der Waals surface area (Å²) in [6.07, 6.45) is 1.13. The summed E-state index contributed by atoms with van der Waals surface area (Å²) < 4.78 is 39.6. The maximum Gasteiger partial charge on any atom is 0.306 e. The largest absolute Gasteiger partial charge is 0.481 e. The molecule has 0 aliphatic heterocycles. The molecule has 1 fully saturated rings. The second-order valence-electron chi connectivity index (χ2n) is 4.74. The predicted octanol–water partition coefficient (Wildman–Crippen LogP) is 2.01. The second-order valence-corrected chi connectivity index (χ2v) is 6.83. The van der Waals surface area contributed by atoms with E-state index in [1.54, 1.807) is 0 Å². The number of rotatable bonds is 4. The lowest BCUT2D eigenvalue weighted by Crippen LogP contribution is -2.33. The first kappa shape index (κ1) is 15.2. The van der Waals surface area contributed by atoms with Gasteiger partial charge in [-0.15, -0.1) is 0 Å². The van der Waals surface area contributed by atoms with Gasteiger partial charge >= 0.3 is 5.97 Å². The maximum absolute atomic E-state index is 12.9. The van der Waals surface area contributed by atoms with Crippen LogP contribution in [0.4, 0.5) is 4.39 Å². The smallest absolute Gasteiger partial charge is 0.306 e. The zero-order valence-electron chi connectivity index (χ0n) is 10.3. The van der Waals surface area contributed by atoms with E-state index in [1.807, 2.05) is 0 Å². The Morgan fingerprint density at radius 1 is 1.40 bits per heavy atom. The van der Waals surface area contributed by atoms with Crippen LogP contribution < -0.4 is 4.72 Å². The molecule has 0 aromatic heterocycles. The van der Waals surface area contributed by atoms with Gasteiger partial charge in [0.05, 0.1) is 10.9 Å². The van der Waals surface area contributed by atoms with Crippen LogP contribution in [-0.2, 0) is 14.8 Å². The van der Waals surface area contributed by atoms with Gasteiger partial charge in [-0.25, -0.2) is 17.5 Å². The third-order valence-electron chi connectivity index (χ3n) is 3.29. The minimum atomic E-state index is -3.88. The molecular weight excluding hydrogens is 309 g/mol. The molecule has 110 valence electrons. The molecule has 2 N–H and O–H groups in total. The normalized spacial score (nSPS) is 22.9. The molecule has 1 aromatic carbocycles. The molecule has 1 aromatic rings. The number of halogens is 2. The number of carboxylic acid groups (broad SMARTS) is 1. The number of hydrogen-bond donors (Lipinski definition) is 2. The molecule has 1 saturated carbocycles. The molecular formula is C12H13ClFNO4S. The van der Waals surface area contributed by atoms with Crippen LogP contribution in [-0.4, -0.2) is 25.5 Å². The first-order chi connectivity index (χ1) is 9.29. The van der Waals surface area contributed by atoms with Crippen molar-refractivity contribution in [2.45, 2.75) is 30.2 Å². The molecule has 0 saturated heterocycles. The highest BCUT2D eigenvalue weighted by molar-refractivity contribution is 7.89. The molecule has 0 radical (unpaired) electrons. The van der Waals surface area contributed by atoms with Gasteiger partial charge in [-0.05, 0) is 37.5 Å². The minimum absolute atomic E-state index is 0.203. The summed E-state index contributed by atoms with van der Waals surface area (Å²) in [6.45, 7) is 0. The van der Waals surface area contributed by atoms with E-state index in [2.05, 4.69) is 4.72 Å². The van der Waals surface area contributed by atoms with Gasteiger partial charge in [-0.2, -0.15) is 0 Å². The van der Waals surface area contributed by atoms with Crippen molar-refractivity contribution in [3.63, 3.8) is 0 Å². The van der Waals surface area contributed by atoms with Crippen LogP contribution in [0.15, 0.2) is 23.1 Å². The number of hydrogen-bond acceptors (Lipinski definition) is 3. The molecule has 2 rings (SSSR count). The summed E-state index contributed by atoms with van der Waals surface area (Å²) in [7, 11) is -3.88. The van der Waals surface area contributed by atoms with Crippen molar-refractivity contribution in [3.05, 3.63) is 29.0 Å². The number of aliphatic carboxylic acids is 1. The van der Waals surface area contributed by atoms with Gasteiger partial charge in [0, 0.05) is 6.04 Å². The van der Waals surface area contributed by atoms with E-state index < -0.39 is 33.8 Å². The zero-order chi connectivity index (χ0) is 14.9. The first-order valence-corrected chi connectivity index (χ1v) is 7.86. The topological polar surface area (TPSA) is 83.5 Å². The summed E-state index contributed by atoms with van der Waals surface area (Å²) in [5.74, 6) is -2.08. The van der Waals surface area contributed by atoms with Crippen LogP contribution in [0.2, 0.25) is 5.02 Å². The molecule has 8 heteroatoms. The van der Waals surface area contributed by atoms with Crippen molar-refractivity contribution in [2.75, 3.05) is 0 Å². The molecule has 0 unspecified atom stereocenters. The fourth-order valence-corrected chi connectivity index (χ4v) is 4.10. The van der Waals surface area contributed by atoms with Gasteiger partial charge < -0.3 is 5.11 Å². The van der Waals surface area contributed by atoms with Crippen LogP contribution in [0.25, 0.3) is 0 Å². The lowest BCUT2D eigenvalue weighted by Gasteiger charge is -2.13. The van der Waals surface area contributed by atoms with Gasteiger partial charge in [-0.1, -0.05) is 11.6 Å². The van der Waals surface area contributed by atoms with Crippen molar-refractivity contribution >= 4 is 27.6 Å². The Morgan fingerprint density at radius 2 is 2.10 bits per heavy atom. The second kappa shape index (κ2) is 5.67. The van der Waals surface area contributed by atoms with Crippen molar-refractivity contribution < 1.29 is 22.7 Å². The van der Waals surface area contributed by atoms with E-state index in [9.17, 15) is 17.6 Å². The van der Waals surface area contributed by atoms with E-state index in [0.717, 1.165) is 18.2 Å². The Labute approximate surface area is 120 Å².